The maximum atomic E-state index is 13.3. The Kier molecular flexibility index (Phi) is 4.98. The molecule has 1 saturated carbocycles. The van der Waals surface area contributed by atoms with Crippen molar-refractivity contribution >= 4 is 46.5 Å². The molecular formula is C18H18N8O4S3. The monoisotopic (exact) mass is 506 g/mol. The Morgan fingerprint density at radius 2 is 1.82 bits per heavy atom. The lowest BCUT2D eigenvalue weighted by Crippen LogP contribution is -2.45. The van der Waals surface area contributed by atoms with Crippen LogP contribution in [-0.4, -0.2) is 53.7 Å². The van der Waals surface area contributed by atoms with Crippen LogP contribution in [0.15, 0.2) is 40.1 Å². The van der Waals surface area contributed by atoms with Crippen LogP contribution in [0.4, 0.5) is 5.13 Å². The Balaban J connectivity index is 1.88. The number of aromatic nitrogens is 5. The number of fused-ring (bicyclic) bond motifs is 1. The number of tetrazole rings is 1. The van der Waals surface area contributed by atoms with Gasteiger partial charge in [-0.1, -0.05) is 29.5 Å². The molecule has 0 spiro atoms. The number of primary sulfonamides is 1. The molecule has 1 aliphatic carbocycles. The number of sulfonamides is 1. The van der Waals surface area contributed by atoms with Gasteiger partial charge in [0.1, 0.15) is 4.90 Å². The van der Waals surface area contributed by atoms with Crippen molar-refractivity contribution in [3.63, 3.8) is 0 Å². The minimum atomic E-state index is -4.56. The number of anilines is 1. The van der Waals surface area contributed by atoms with E-state index in [4.69, 9.17) is 16.6 Å². The molecular weight excluding hydrogens is 488 g/mol. The van der Waals surface area contributed by atoms with E-state index in [-0.39, 0.29) is 30.3 Å². The largest absolute Gasteiger partial charge is 0.375 e. The van der Waals surface area contributed by atoms with E-state index in [0.29, 0.717) is 21.8 Å². The molecule has 1 aliphatic rings. The van der Waals surface area contributed by atoms with Gasteiger partial charge in [-0.3, -0.25) is 0 Å². The summed E-state index contributed by atoms with van der Waals surface area (Å²) in [6, 6.07) is 7.77. The molecule has 0 bridgehead atoms. The van der Waals surface area contributed by atoms with Gasteiger partial charge in [0.05, 0.1) is 25.9 Å². The maximum Gasteiger partial charge on any atom is 0.240 e. The third kappa shape index (κ3) is 3.57. The lowest BCUT2D eigenvalue weighted by molar-refractivity contribution is 0.408. The lowest BCUT2D eigenvalue weighted by Gasteiger charge is -2.32. The van der Waals surface area contributed by atoms with Gasteiger partial charge in [0, 0.05) is 11.6 Å². The summed E-state index contributed by atoms with van der Waals surface area (Å²) in [7, 11) is -8.62. The summed E-state index contributed by atoms with van der Waals surface area (Å²) in [6.07, 6.45) is 0.451. The Morgan fingerprint density at radius 1 is 1.06 bits per heavy atom. The van der Waals surface area contributed by atoms with E-state index in [1.54, 1.807) is 12.1 Å². The van der Waals surface area contributed by atoms with E-state index < -0.39 is 34.9 Å². The van der Waals surface area contributed by atoms with Crippen molar-refractivity contribution in [2.75, 3.05) is 5.73 Å². The van der Waals surface area contributed by atoms with Crippen LogP contribution in [0.5, 0.6) is 0 Å². The van der Waals surface area contributed by atoms with Gasteiger partial charge in [-0.05, 0) is 35.8 Å². The van der Waals surface area contributed by atoms with E-state index in [9.17, 15) is 16.8 Å². The quantitative estimate of drug-likeness (QED) is 0.296. The molecule has 0 unspecified atom stereocenters. The van der Waals surface area contributed by atoms with E-state index in [1.165, 1.54) is 23.5 Å². The van der Waals surface area contributed by atoms with Crippen molar-refractivity contribution < 1.29 is 16.8 Å². The van der Waals surface area contributed by atoms with Crippen molar-refractivity contribution in [2.45, 2.75) is 33.9 Å². The highest BCUT2D eigenvalue weighted by molar-refractivity contribution is 7.94. The zero-order chi connectivity index (χ0) is 23.5. The molecule has 2 aromatic carbocycles. The van der Waals surface area contributed by atoms with E-state index in [1.807, 2.05) is 6.07 Å². The fourth-order valence-electron chi connectivity index (χ4n) is 4.01. The molecule has 0 amide bonds. The van der Waals surface area contributed by atoms with Gasteiger partial charge in [0.2, 0.25) is 15.8 Å². The van der Waals surface area contributed by atoms with Crippen LogP contribution in [0, 0.1) is 0 Å². The highest BCUT2D eigenvalue weighted by Gasteiger charge is 2.41. The van der Waals surface area contributed by atoms with E-state index in [0.717, 1.165) is 4.70 Å². The highest BCUT2D eigenvalue weighted by atomic mass is 32.2. The number of thiazole rings is 1. The number of sulfone groups is 1. The summed E-state index contributed by atoms with van der Waals surface area (Å²) >= 11 is 1.26. The number of nitrogens with zero attached hydrogens (tertiary/aromatic N) is 4. The molecule has 5 rings (SSSR count). The fourth-order valence-corrected chi connectivity index (χ4v) is 8.28. The lowest BCUT2D eigenvalue weighted by atomic mass is 9.93. The molecule has 172 valence electrons. The number of aromatic amines is 1. The maximum absolute atomic E-state index is 13.3. The first-order chi connectivity index (χ1) is 15.6. The predicted octanol–water partition coefficient (Wildman–Crippen LogP) is 0.636. The van der Waals surface area contributed by atoms with Crippen LogP contribution < -0.4 is 16.6 Å². The Morgan fingerprint density at radius 3 is 2.45 bits per heavy atom. The van der Waals surface area contributed by atoms with Crippen LogP contribution in [0.1, 0.15) is 12.8 Å². The van der Waals surface area contributed by atoms with Crippen molar-refractivity contribution in [1.29, 1.82) is 0 Å². The summed E-state index contributed by atoms with van der Waals surface area (Å²) in [4.78, 5) is 3.34. The van der Waals surface area contributed by atoms with Crippen LogP contribution in [0.2, 0.25) is 0 Å². The van der Waals surface area contributed by atoms with Gasteiger partial charge in [0.15, 0.2) is 15.0 Å². The second-order valence-electron chi connectivity index (χ2n) is 7.70. The Bertz CT molecular complexity index is 1590. The van der Waals surface area contributed by atoms with Crippen molar-refractivity contribution in [3.05, 3.63) is 30.3 Å². The SMILES string of the molecule is Nc1nc2c(-c3ccc(S(=O)(=O)[C@H]4C[C@H](N)C4)c(S(N)(=O)=O)c3-c3nn[nH]n3)cccc2s1. The molecule has 4 aromatic rings. The normalized spacial score (nSPS) is 19.0. The summed E-state index contributed by atoms with van der Waals surface area (Å²) in [6.45, 7) is 0. The number of nitrogens with one attached hydrogen (secondary N) is 1. The van der Waals surface area contributed by atoms with Crippen molar-refractivity contribution in [3.8, 4) is 22.5 Å². The molecule has 0 radical (unpaired) electrons. The average molecular weight is 507 g/mol. The fraction of sp³-hybridized carbons (Fsp3) is 0.222. The molecule has 2 aromatic heterocycles. The van der Waals surface area contributed by atoms with Crippen molar-refractivity contribution in [2.24, 2.45) is 10.9 Å². The molecule has 33 heavy (non-hydrogen) atoms. The summed E-state index contributed by atoms with van der Waals surface area (Å²) in [5.41, 5.74) is 12.9. The smallest absolute Gasteiger partial charge is 0.240 e. The number of hydrogen-bond donors (Lipinski definition) is 4. The number of nitrogens with two attached hydrogens (primary N) is 3. The second-order valence-corrected chi connectivity index (χ2v) is 12.5. The Hall–Kier alpha value is -2.98. The van der Waals surface area contributed by atoms with E-state index >= 15 is 0 Å². The van der Waals surface area contributed by atoms with Crippen LogP contribution in [0.3, 0.4) is 0 Å². The molecule has 2 heterocycles. The number of para-hydroxylation sites is 1. The number of nitrogen functional groups attached to an aromatic ring is 1. The van der Waals surface area contributed by atoms with E-state index in [2.05, 4.69) is 25.6 Å². The van der Waals surface area contributed by atoms with Gasteiger partial charge in [-0.2, -0.15) is 5.21 Å². The van der Waals surface area contributed by atoms with Crippen LogP contribution in [-0.2, 0) is 19.9 Å². The van der Waals surface area contributed by atoms with Gasteiger partial charge in [-0.15, -0.1) is 10.2 Å². The van der Waals surface area contributed by atoms with Gasteiger partial charge < -0.3 is 11.5 Å². The third-order valence-electron chi connectivity index (χ3n) is 5.58. The first-order valence-electron chi connectivity index (χ1n) is 9.66. The molecule has 15 heteroatoms. The van der Waals surface area contributed by atoms with Gasteiger partial charge in [0.25, 0.3) is 0 Å². The predicted molar refractivity (Wildman–Crippen MR) is 122 cm³/mol. The summed E-state index contributed by atoms with van der Waals surface area (Å²) in [5, 5.41) is 18.7. The molecule has 0 atom stereocenters. The number of H-pyrrole nitrogens is 1. The first kappa shape index (κ1) is 21.8. The van der Waals surface area contributed by atoms with Crippen LogP contribution >= 0.6 is 11.3 Å². The average Bonchev–Trinajstić information content (AvgIpc) is 3.38. The zero-order valence-corrected chi connectivity index (χ0v) is 19.3. The van der Waals surface area contributed by atoms with Gasteiger partial charge in [-0.25, -0.2) is 27.0 Å². The molecule has 1 fully saturated rings. The standard InChI is InChI=1S/C18H18N8O4S3/c19-8-6-9(7-8)32(27,28)13-5-4-10(11-2-1-3-12-15(11)22-18(20)31-12)14(16(13)33(21,29)30)17-23-25-26-24-17/h1-5,8-9H,6-7,19H2,(H2,20,22)(H2,21,29,30)(H,23,24,25,26)/t8-,9-. The van der Waals surface area contributed by atoms with Gasteiger partial charge >= 0.3 is 0 Å². The highest BCUT2D eigenvalue weighted by Crippen LogP contribution is 2.43. The molecule has 0 saturated heterocycles. The molecule has 0 aliphatic heterocycles. The minimum absolute atomic E-state index is 0.0879. The molecule has 12 nitrogen and oxygen atoms in total. The number of hydrogen-bond acceptors (Lipinski definition) is 11. The second kappa shape index (κ2) is 7.53. The topological polar surface area (TPSA) is 214 Å². The number of rotatable bonds is 5. The van der Waals surface area contributed by atoms with Crippen molar-refractivity contribution in [1.82, 2.24) is 25.6 Å². The summed E-state index contributed by atoms with van der Waals surface area (Å²) < 4.78 is 53.1. The minimum Gasteiger partial charge on any atom is -0.375 e. The summed E-state index contributed by atoms with van der Waals surface area (Å²) in [5.74, 6) is -0.128. The zero-order valence-electron chi connectivity index (χ0n) is 16.8. The molecule has 7 N–H and O–H groups in total. The number of benzene rings is 2. The first-order valence-corrected chi connectivity index (χ1v) is 13.6. The Labute approximate surface area is 192 Å². The van der Waals surface area contributed by atoms with Crippen LogP contribution in [0.25, 0.3) is 32.7 Å². The third-order valence-corrected chi connectivity index (χ3v) is 9.77.